The van der Waals surface area contributed by atoms with Crippen molar-refractivity contribution in [1.82, 2.24) is 9.88 Å². The highest BCUT2D eigenvalue weighted by molar-refractivity contribution is 6.34. The second-order valence-electron chi connectivity index (χ2n) is 5.21. The average molecular weight is 289 g/mol. The van der Waals surface area contributed by atoms with Crippen LogP contribution in [0.1, 0.15) is 36.5 Å². The van der Waals surface area contributed by atoms with Crippen molar-refractivity contribution in [2.75, 3.05) is 6.54 Å². The van der Waals surface area contributed by atoms with Gasteiger partial charge in [-0.25, -0.2) is 4.98 Å². The van der Waals surface area contributed by atoms with Crippen molar-refractivity contribution < 1.29 is 4.79 Å². The Balaban J connectivity index is 2.06. The van der Waals surface area contributed by atoms with E-state index in [4.69, 9.17) is 11.6 Å². The third-order valence-electron chi connectivity index (χ3n) is 4.09. The van der Waals surface area contributed by atoms with Gasteiger partial charge in [-0.3, -0.25) is 4.79 Å². The number of hydrogen-bond donors (Lipinski definition) is 0. The predicted molar refractivity (Wildman–Crippen MR) is 81.1 cm³/mol. The Hall–Kier alpha value is -1.61. The summed E-state index contributed by atoms with van der Waals surface area (Å²) in [7, 11) is 0. The molecule has 0 N–H and O–H groups in total. The molecular formula is C16H17ClN2O. The van der Waals surface area contributed by atoms with Crippen LogP contribution in [0.25, 0.3) is 10.8 Å². The molecule has 1 aromatic heterocycles. The molecule has 1 aromatic carbocycles. The Bertz CT molecular complexity index is 656. The van der Waals surface area contributed by atoms with Gasteiger partial charge in [0.2, 0.25) is 0 Å². The Kier molecular flexibility index (Phi) is 3.62. The first-order valence-electron chi connectivity index (χ1n) is 7.06. The number of likely N-dealkylation sites (tertiary alicyclic amines) is 1. The van der Waals surface area contributed by atoms with E-state index in [2.05, 4.69) is 11.9 Å². The van der Waals surface area contributed by atoms with Crippen LogP contribution in [-0.2, 0) is 0 Å². The normalized spacial score (nSPS) is 18.7. The maximum Gasteiger partial charge on any atom is 0.256 e. The van der Waals surface area contributed by atoms with E-state index in [1.807, 2.05) is 29.2 Å². The number of rotatable bonds is 2. The van der Waals surface area contributed by atoms with Gasteiger partial charge < -0.3 is 4.90 Å². The number of nitrogens with zero attached hydrogens (tertiary/aromatic N) is 2. The lowest BCUT2D eigenvalue weighted by molar-refractivity contribution is 0.0735. The van der Waals surface area contributed by atoms with Crippen molar-refractivity contribution >= 4 is 28.3 Å². The van der Waals surface area contributed by atoms with E-state index in [9.17, 15) is 4.79 Å². The van der Waals surface area contributed by atoms with Gasteiger partial charge in [0.05, 0.1) is 5.56 Å². The van der Waals surface area contributed by atoms with Crippen LogP contribution in [0.2, 0.25) is 5.15 Å². The van der Waals surface area contributed by atoms with Crippen molar-refractivity contribution in [3.05, 3.63) is 41.2 Å². The van der Waals surface area contributed by atoms with Crippen molar-refractivity contribution in [1.29, 1.82) is 0 Å². The summed E-state index contributed by atoms with van der Waals surface area (Å²) in [5.41, 5.74) is 0.658. The predicted octanol–water partition coefficient (Wildman–Crippen LogP) is 3.90. The second-order valence-corrected chi connectivity index (χ2v) is 5.57. The minimum atomic E-state index is 0.0784. The third kappa shape index (κ3) is 2.16. The van der Waals surface area contributed by atoms with Gasteiger partial charge in [0.15, 0.2) is 0 Å². The Morgan fingerprint density at radius 3 is 2.90 bits per heavy atom. The first kappa shape index (κ1) is 13.4. The molecule has 1 amide bonds. The number of fused-ring (bicyclic) bond motifs is 1. The number of pyridine rings is 1. The van der Waals surface area contributed by atoms with E-state index >= 15 is 0 Å². The Labute approximate surface area is 123 Å². The fourth-order valence-corrected chi connectivity index (χ4v) is 3.22. The van der Waals surface area contributed by atoms with Crippen LogP contribution in [0.3, 0.4) is 0 Å². The molecule has 1 saturated heterocycles. The molecule has 2 heterocycles. The highest BCUT2D eigenvalue weighted by atomic mass is 35.5. The number of amides is 1. The van der Waals surface area contributed by atoms with E-state index in [0.29, 0.717) is 16.8 Å². The van der Waals surface area contributed by atoms with E-state index in [1.54, 1.807) is 6.20 Å². The Morgan fingerprint density at radius 2 is 2.15 bits per heavy atom. The molecule has 1 aliphatic rings. The van der Waals surface area contributed by atoms with Gasteiger partial charge in [-0.1, -0.05) is 42.8 Å². The molecule has 0 bridgehead atoms. The van der Waals surface area contributed by atoms with Crippen molar-refractivity contribution in [2.24, 2.45) is 0 Å². The second kappa shape index (κ2) is 5.41. The van der Waals surface area contributed by atoms with Crippen molar-refractivity contribution in [2.45, 2.75) is 32.2 Å². The molecule has 104 valence electrons. The molecule has 3 rings (SSSR count). The standard InChI is InChI=1S/C16H17ClN2O/c1-2-11-6-5-9-19(11)16(20)14-10-18-15(17)13-8-4-3-7-12(13)14/h3-4,7-8,10-11H,2,5-6,9H2,1H3. The number of benzene rings is 1. The molecule has 2 aromatic rings. The summed E-state index contributed by atoms with van der Waals surface area (Å²) >= 11 is 6.11. The molecule has 0 spiro atoms. The molecular weight excluding hydrogens is 272 g/mol. The number of carbonyl (C=O) groups is 1. The van der Waals surface area contributed by atoms with Crippen molar-refractivity contribution in [3.8, 4) is 0 Å². The minimum Gasteiger partial charge on any atom is -0.336 e. The van der Waals surface area contributed by atoms with Crippen molar-refractivity contribution in [3.63, 3.8) is 0 Å². The van der Waals surface area contributed by atoms with Gasteiger partial charge >= 0.3 is 0 Å². The number of carbonyl (C=O) groups excluding carboxylic acids is 1. The number of aromatic nitrogens is 1. The first-order chi connectivity index (χ1) is 9.72. The van der Waals surface area contributed by atoms with Gasteiger partial charge in [0.1, 0.15) is 5.15 Å². The lowest BCUT2D eigenvalue weighted by Gasteiger charge is -2.24. The molecule has 4 heteroatoms. The molecule has 1 aliphatic heterocycles. The van der Waals surface area contributed by atoms with E-state index in [0.717, 1.165) is 36.6 Å². The third-order valence-corrected chi connectivity index (χ3v) is 4.39. The van der Waals surface area contributed by atoms with Crippen LogP contribution < -0.4 is 0 Å². The molecule has 3 nitrogen and oxygen atoms in total. The lowest BCUT2D eigenvalue weighted by atomic mass is 10.1. The van der Waals surface area contributed by atoms with Crippen LogP contribution >= 0.6 is 11.6 Å². The lowest BCUT2D eigenvalue weighted by Crippen LogP contribution is -2.35. The zero-order valence-corrected chi connectivity index (χ0v) is 12.2. The molecule has 0 saturated carbocycles. The number of halogens is 1. The summed E-state index contributed by atoms with van der Waals surface area (Å²) in [4.78, 5) is 18.9. The van der Waals surface area contributed by atoms with Gasteiger partial charge in [-0.2, -0.15) is 0 Å². The first-order valence-corrected chi connectivity index (χ1v) is 7.44. The van der Waals surface area contributed by atoms with Gasteiger partial charge in [0, 0.05) is 24.2 Å². The zero-order chi connectivity index (χ0) is 14.1. The molecule has 1 fully saturated rings. The Morgan fingerprint density at radius 1 is 1.40 bits per heavy atom. The fraction of sp³-hybridized carbons (Fsp3) is 0.375. The highest BCUT2D eigenvalue weighted by Gasteiger charge is 2.29. The minimum absolute atomic E-state index is 0.0784. The molecule has 0 aliphatic carbocycles. The van der Waals surface area contributed by atoms with E-state index in [-0.39, 0.29) is 5.91 Å². The summed E-state index contributed by atoms with van der Waals surface area (Å²) in [6.07, 6.45) is 4.80. The maximum absolute atomic E-state index is 12.8. The molecule has 1 atom stereocenters. The van der Waals surface area contributed by atoms with Gasteiger partial charge in [-0.15, -0.1) is 0 Å². The summed E-state index contributed by atoms with van der Waals surface area (Å²) < 4.78 is 0. The highest BCUT2D eigenvalue weighted by Crippen LogP contribution is 2.28. The summed E-state index contributed by atoms with van der Waals surface area (Å²) in [6, 6.07) is 8.04. The quantitative estimate of drug-likeness (QED) is 0.785. The summed E-state index contributed by atoms with van der Waals surface area (Å²) in [6.45, 7) is 2.97. The summed E-state index contributed by atoms with van der Waals surface area (Å²) in [5.74, 6) is 0.0784. The molecule has 20 heavy (non-hydrogen) atoms. The number of hydrogen-bond acceptors (Lipinski definition) is 2. The van der Waals surface area contributed by atoms with Crippen LogP contribution in [0.5, 0.6) is 0 Å². The van der Waals surface area contributed by atoms with Crippen LogP contribution in [0.15, 0.2) is 30.5 Å². The van der Waals surface area contributed by atoms with Crippen LogP contribution in [0.4, 0.5) is 0 Å². The molecule has 1 unspecified atom stereocenters. The fourth-order valence-electron chi connectivity index (χ4n) is 3.01. The van der Waals surface area contributed by atoms with Gasteiger partial charge in [-0.05, 0) is 24.6 Å². The van der Waals surface area contributed by atoms with Crippen LogP contribution in [0, 0.1) is 0 Å². The van der Waals surface area contributed by atoms with Gasteiger partial charge in [0.25, 0.3) is 5.91 Å². The summed E-state index contributed by atoms with van der Waals surface area (Å²) in [5, 5.41) is 2.18. The smallest absolute Gasteiger partial charge is 0.256 e. The van der Waals surface area contributed by atoms with Crippen LogP contribution in [-0.4, -0.2) is 28.4 Å². The maximum atomic E-state index is 12.8. The molecule has 0 radical (unpaired) electrons. The SMILES string of the molecule is CCC1CCCN1C(=O)c1cnc(Cl)c2ccccc12. The zero-order valence-electron chi connectivity index (χ0n) is 11.5. The average Bonchev–Trinajstić information content (AvgIpc) is 2.96. The van der Waals surface area contributed by atoms with E-state index in [1.165, 1.54) is 0 Å². The topological polar surface area (TPSA) is 33.2 Å². The monoisotopic (exact) mass is 288 g/mol. The largest absolute Gasteiger partial charge is 0.336 e. The van der Waals surface area contributed by atoms with E-state index < -0.39 is 0 Å².